The van der Waals surface area contributed by atoms with Crippen LogP contribution in [0.1, 0.15) is 35.8 Å². The molecule has 4 atom stereocenters. The summed E-state index contributed by atoms with van der Waals surface area (Å²) in [5.74, 6) is -9.65. The molecule has 1 aromatic carbocycles. The van der Waals surface area contributed by atoms with E-state index >= 15 is 0 Å². The molecule has 2 aromatic rings. The minimum absolute atomic E-state index is 0.0879. The van der Waals surface area contributed by atoms with Crippen LogP contribution in [0.4, 0.5) is 27.6 Å². The Kier molecular flexibility index (Phi) is 7.35. The van der Waals surface area contributed by atoms with Gasteiger partial charge in [-0.05, 0) is 25.1 Å². The summed E-state index contributed by atoms with van der Waals surface area (Å²) in [5.41, 5.74) is -3.51. The largest absolute Gasteiger partial charge is 0.493 e. The number of carbonyl (C=O) groups excluding carboxylic acids is 3. The van der Waals surface area contributed by atoms with Crippen LogP contribution in [0, 0.1) is 17.6 Å². The third-order valence-electron chi connectivity index (χ3n) is 6.20. The van der Waals surface area contributed by atoms with Gasteiger partial charge in [0.15, 0.2) is 17.2 Å². The monoisotopic (exact) mass is 516 g/mol. The topological polar surface area (TPSA) is 104 Å². The number of methoxy groups -OCH3 is 2. The maximum absolute atomic E-state index is 14.4. The fraction of sp³-hybridized carbons (Fsp3) is 0.391. The quantitative estimate of drug-likeness (QED) is 0.270. The molecule has 1 aromatic heterocycles. The van der Waals surface area contributed by atoms with Gasteiger partial charge in [0.1, 0.15) is 11.8 Å². The van der Waals surface area contributed by atoms with E-state index in [0.29, 0.717) is 6.07 Å². The number of Topliss-reactive ketones (excluding diaryl/α,β-unsaturated/α-hetero) is 1. The minimum Gasteiger partial charge on any atom is -0.493 e. The number of hydrogen-bond donors (Lipinski definition) is 1. The first-order valence-electron chi connectivity index (χ1n) is 10.4. The number of halogens is 5. The van der Waals surface area contributed by atoms with Crippen molar-refractivity contribution in [3.8, 4) is 5.75 Å². The average Bonchev–Trinajstić information content (AvgIpc) is 3.11. The predicted molar refractivity (Wildman–Crippen MR) is 113 cm³/mol. The third-order valence-corrected chi connectivity index (χ3v) is 6.20. The number of anilines is 1. The van der Waals surface area contributed by atoms with E-state index in [1.54, 1.807) is 0 Å². The first-order valence-corrected chi connectivity index (χ1v) is 10.4. The van der Waals surface area contributed by atoms with Crippen molar-refractivity contribution in [2.45, 2.75) is 37.6 Å². The first kappa shape index (κ1) is 27.0. The molecule has 0 saturated carbocycles. The van der Waals surface area contributed by atoms with E-state index in [1.807, 2.05) is 0 Å². The number of nitrogens with one attached hydrogen (secondary N) is 1. The molecule has 2 heterocycles. The van der Waals surface area contributed by atoms with Gasteiger partial charge in [-0.3, -0.25) is 14.6 Å². The molecule has 36 heavy (non-hydrogen) atoms. The van der Waals surface area contributed by atoms with Crippen LogP contribution in [0.5, 0.6) is 5.75 Å². The number of nitrogens with zero attached hydrogens (tertiary/aromatic N) is 1. The number of alkyl halides is 3. The van der Waals surface area contributed by atoms with Crippen LogP contribution in [0.15, 0.2) is 30.5 Å². The second-order valence-electron chi connectivity index (χ2n) is 8.18. The molecule has 0 spiro atoms. The molecule has 1 fully saturated rings. The number of ketones is 1. The van der Waals surface area contributed by atoms with Gasteiger partial charge in [-0.2, -0.15) is 17.6 Å². The van der Waals surface area contributed by atoms with Gasteiger partial charge in [0.05, 0.1) is 14.2 Å². The molecule has 1 aliphatic heterocycles. The van der Waals surface area contributed by atoms with Crippen molar-refractivity contribution in [2.24, 2.45) is 5.92 Å². The summed E-state index contributed by atoms with van der Waals surface area (Å²) in [6.07, 6.45) is -5.68. The second kappa shape index (κ2) is 9.80. The van der Waals surface area contributed by atoms with Crippen LogP contribution in [0.3, 0.4) is 0 Å². The first-order chi connectivity index (χ1) is 16.8. The van der Waals surface area contributed by atoms with Gasteiger partial charge in [0.2, 0.25) is 5.82 Å². The lowest BCUT2D eigenvalue weighted by molar-refractivity contribution is -0.272. The van der Waals surface area contributed by atoms with Crippen molar-refractivity contribution in [3.05, 3.63) is 53.4 Å². The normalized spacial score (nSPS) is 23.8. The number of benzene rings is 1. The van der Waals surface area contributed by atoms with E-state index in [-0.39, 0.29) is 16.9 Å². The molecule has 1 amide bonds. The lowest BCUT2D eigenvalue weighted by atomic mass is 9.77. The van der Waals surface area contributed by atoms with Crippen LogP contribution in [-0.4, -0.2) is 54.7 Å². The Hall–Kier alpha value is -3.61. The van der Waals surface area contributed by atoms with E-state index in [0.717, 1.165) is 39.5 Å². The number of esters is 1. The predicted octanol–water partition coefficient (Wildman–Crippen LogP) is 3.80. The fourth-order valence-electron chi connectivity index (χ4n) is 4.08. The molecule has 1 aliphatic rings. The molecule has 0 bridgehead atoms. The number of aromatic nitrogens is 1. The highest BCUT2D eigenvalue weighted by atomic mass is 19.4. The highest BCUT2D eigenvalue weighted by Gasteiger charge is 2.65. The van der Waals surface area contributed by atoms with Crippen molar-refractivity contribution < 1.29 is 50.5 Å². The van der Waals surface area contributed by atoms with Crippen LogP contribution in [0.25, 0.3) is 0 Å². The molecule has 0 aliphatic carbocycles. The Morgan fingerprint density at radius 3 is 2.39 bits per heavy atom. The van der Waals surface area contributed by atoms with Gasteiger partial charge >= 0.3 is 12.1 Å². The summed E-state index contributed by atoms with van der Waals surface area (Å²) in [6, 6.07) is 3.99. The maximum Gasteiger partial charge on any atom is 0.417 e. The molecule has 1 N–H and O–H groups in total. The van der Waals surface area contributed by atoms with Crippen LogP contribution < -0.4 is 10.1 Å². The fourth-order valence-corrected chi connectivity index (χ4v) is 4.08. The SMILES string of the molecule is COC(=O)C(=O)c1cc(NC(=O)[C@@H]2O[C@@](C)(C(F)(F)F)[C@@H](C)[C@H]2c2ccc(F)c(F)c2OC)ccn1. The molecule has 194 valence electrons. The number of hydrogen-bond acceptors (Lipinski definition) is 7. The molecule has 3 rings (SSSR count). The van der Waals surface area contributed by atoms with Crippen molar-refractivity contribution >= 4 is 23.3 Å². The molecule has 0 radical (unpaired) electrons. The summed E-state index contributed by atoms with van der Waals surface area (Å²) in [4.78, 5) is 40.4. The van der Waals surface area contributed by atoms with Crippen LogP contribution in [0.2, 0.25) is 0 Å². The van der Waals surface area contributed by atoms with Crippen LogP contribution in [-0.2, 0) is 19.1 Å². The van der Waals surface area contributed by atoms with E-state index in [1.165, 1.54) is 13.0 Å². The van der Waals surface area contributed by atoms with Gasteiger partial charge in [0.25, 0.3) is 11.7 Å². The lowest BCUT2D eigenvalue weighted by Gasteiger charge is -2.32. The zero-order chi connectivity index (χ0) is 27.0. The molecule has 13 heteroatoms. The zero-order valence-electron chi connectivity index (χ0n) is 19.4. The third kappa shape index (κ3) is 4.62. The molecule has 0 unspecified atom stereocenters. The average molecular weight is 516 g/mol. The minimum atomic E-state index is -4.93. The number of pyridine rings is 1. The number of carbonyl (C=O) groups is 3. The maximum atomic E-state index is 14.4. The number of ether oxygens (including phenoxy) is 3. The zero-order valence-corrected chi connectivity index (χ0v) is 19.4. The molecule has 1 saturated heterocycles. The van der Waals surface area contributed by atoms with Crippen molar-refractivity contribution in [3.63, 3.8) is 0 Å². The Balaban J connectivity index is 2.04. The van der Waals surface area contributed by atoms with Crippen molar-refractivity contribution in [1.82, 2.24) is 4.98 Å². The second-order valence-corrected chi connectivity index (χ2v) is 8.18. The molecular weight excluding hydrogens is 495 g/mol. The summed E-state index contributed by atoms with van der Waals surface area (Å²) < 4.78 is 84.8. The summed E-state index contributed by atoms with van der Waals surface area (Å²) >= 11 is 0. The lowest BCUT2D eigenvalue weighted by Crippen LogP contribution is -2.47. The van der Waals surface area contributed by atoms with Gasteiger partial charge < -0.3 is 19.5 Å². The Bertz CT molecular complexity index is 1200. The number of amides is 1. The van der Waals surface area contributed by atoms with Crippen molar-refractivity contribution in [2.75, 3.05) is 19.5 Å². The van der Waals surface area contributed by atoms with E-state index in [9.17, 15) is 36.3 Å². The van der Waals surface area contributed by atoms with E-state index in [2.05, 4.69) is 15.0 Å². The van der Waals surface area contributed by atoms with E-state index < -0.39 is 64.8 Å². The van der Waals surface area contributed by atoms with Crippen LogP contribution >= 0.6 is 0 Å². The van der Waals surface area contributed by atoms with E-state index in [4.69, 9.17) is 9.47 Å². The Morgan fingerprint density at radius 1 is 1.14 bits per heavy atom. The molecular formula is C23H21F5N2O6. The summed E-state index contributed by atoms with van der Waals surface area (Å²) in [6.45, 7) is 1.93. The van der Waals surface area contributed by atoms with Gasteiger partial charge in [-0.25, -0.2) is 9.18 Å². The smallest absolute Gasteiger partial charge is 0.417 e. The van der Waals surface area contributed by atoms with Gasteiger partial charge in [-0.1, -0.05) is 13.0 Å². The van der Waals surface area contributed by atoms with Gasteiger partial charge in [-0.15, -0.1) is 0 Å². The summed E-state index contributed by atoms with van der Waals surface area (Å²) in [5, 5.41) is 2.32. The Morgan fingerprint density at radius 2 is 1.81 bits per heavy atom. The molecule has 8 nitrogen and oxygen atoms in total. The van der Waals surface area contributed by atoms with Gasteiger partial charge in [0, 0.05) is 29.3 Å². The standard InChI is InChI=1S/C23H21F5N2O6/c1-10-15(12-5-6-13(24)16(25)18(12)34-3)19(36-22(10,2)23(26,27)28)20(32)30-11-7-8-29-14(9-11)17(31)21(33)35-4/h5-10,15,19H,1-4H3,(H,29,30,32)/t10-,15-,19+,22+/m0/s1. The highest BCUT2D eigenvalue weighted by Crippen LogP contribution is 2.55. The van der Waals surface area contributed by atoms with Crippen molar-refractivity contribution in [1.29, 1.82) is 0 Å². The Labute approximate surface area is 201 Å². The summed E-state index contributed by atoms with van der Waals surface area (Å²) in [7, 11) is 1.99. The highest BCUT2D eigenvalue weighted by molar-refractivity contribution is 6.40. The number of rotatable bonds is 6.